The first-order valence-corrected chi connectivity index (χ1v) is 7.18. The SMILES string of the molecule is Cc1cc(NCc2ncc(Br)cc2Br)cnc1Cl. The molecule has 2 aromatic heterocycles. The second kappa shape index (κ2) is 5.99. The number of anilines is 1. The molecule has 0 radical (unpaired) electrons. The number of aryl methyl sites for hydroxylation is 1. The van der Waals surface area contributed by atoms with Gasteiger partial charge in [-0.2, -0.15) is 0 Å². The minimum absolute atomic E-state index is 0.531. The van der Waals surface area contributed by atoms with Gasteiger partial charge in [-0.05, 0) is 56.5 Å². The summed E-state index contributed by atoms with van der Waals surface area (Å²) >= 11 is 12.7. The molecule has 1 N–H and O–H groups in total. The van der Waals surface area contributed by atoms with Crippen molar-refractivity contribution in [1.29, 1.82) is 0 Å². The zero-order chi connectivity index (χ0) is 13.1. The molecular weight excluding hydrogens is 381 g/mol. The molecule has 0 saturated carbocycles. The van der Waals surface area contributed by atoms with Crippen LogP contribution in [0.15, 0.2) is 33.5 Å². The maximum atomic E-state index is 5.88. The first kappa shape index (κ1) is 13.8. The van der Waals surface area contributed by atoms with Gasteiger partial charge in [-0.3, -0.25) is 4.98 Å². The average Bonchev–Trinajstić information content (AvgIpc) is 2.32. The predicted octanol–water partition coefficient (Wildman–Crippen LogP) is 4.58. The summed E-state index contributed by atoms with van der Waals surface area (Å²) in [6, 6.07) is 3.93. The monoisotopic (exact) mass is 389 g/mol. The lowest BCUT2D eigenvalue weighted by Gasteiger charge is -2.08. The van der Waals surface area contributed by atoms with E-state index in [0.717, 1.165) is 25.9 Å². The minimum Gasteiger partial charge on any atom is -0.378 e. The first-order valence-electron chi connectivity index (χ1n) is 5.22. The molecule has 94 valence electrons. The fraction of sp³-hybridized carbons (Fsp3) is 0.167. The number of aromatic nitrogens is 2. The molecule has 0 atom stereocenters. The highest BCUT2D eigenvalue weighted by molar-refractivity contribution is 9.11. The molecule has 0 bridgehead atoms. The standard InChI is InChI=1S/C12H10Br2ClN3/c1-7-2-9(5-18-12(7)15)16-6-11-10(14)3-8(13)4-17-11/h2-5,16H,6H2,1H3. The second-order valence-electron chi connectivity index (χ2n) is 3.77. The highest BCUT2D eigenvalue weighted by atomic mass is 79.9. The van der Waals surface area contributed by atoms with Crippen molar-refractivity contribution in [3.8, 4) is 0 Å². The molecule has 0 unspecified atom stereocenters. The molecule has 0 amide bonds. The average molecular weight is 391 g/mol. The van der Waals surface area contributed by atoms with Crippen molar-refractivity contribution in [2.45, 2.75) is 13.5 Å². The van der Waals surface area contributed by atoms with Crippen LogP contribution in [0.1, 0.15) is 11.3 Å². The van der Waals surface area contributed by atoms with Crippen LogP contribution in [0.5, 0.6) is 0 Å². The summed E-state index contributed by atoms with van der Waals surface area (Å²) in [4.78, 5) is 8.42. The van der Waals surface area contributed by atoms with Crippen LogP contribution >= 0.6 is 43.5 Å². The zero-order valence-corrected chi connectivity index (χ0v) is 13.5. The number of hydrogen-bond acceptors (Lipinski definition) is 3. The normalized spacial score (nSPS) is 10.4. The number of rotatable bonds is 3. The smallest absolute Gasteiger partial charge is 0.132 e. The Hall–Kier alpha value is -0.650. The summed E-state index contributed by atoms with van der Waals surface area (Å²) in [6.07, 6.45) is 3.48. The third kappa shape index (κ3) is 3.43. The van der Waals surface area contributed by atoms with Gasteiger partial charge in [0.1, 0.15) is 5.15 Å². The lowest BCUT2D eigenvalue weighted by atomic mass is 10.3. The number of halogens is 3. The van der Waals surface area contributed by atoms with Crippen molar-refractivity contribution >= 4 is 49.1 Å². The van der Waals surface area contributed by atoms with Crippen LogP contribution in [0.4, 0.5) is 5.69 Å². The van der Waals surface area contributed by atoms with Crippen LogP contribution in [0.3, 0.4) is 0 Å². The molecule has 0 fully saturated rings. The van der Waals surface area contributed by atoms with E-state index in [1.54, 1.807) is 12.4 Å². The van der Waals surface area contributed by atoms with Crippen molar-refractivity contribution in [3.63, 3.8) is 0 Å². The summed E-state index contributed by atoms with van der Waals surface area (Å²) in [5.41, 5.74) is 2.81. The van der Waals surface area contributed by atoms with Gasteiger partial charge in [0, 0.05) is 15.1 Å². The van der Waals surface area contributed by atoms with E-state index in [4.69, 9.17) is 11.6 Å². The minimum atomic E-state index is 0.531. The predicted molar refractivity (Wildman–Crippen MR) is 80.9 cm³/mol. The highest BCUT2D eigenvalue weighted by Crippen LogP contribution is 2.21. The van der Waals surface area contributed by atoms with Gasteiger partial charge in [0.25, 0.3) is 0 Å². The molecule has 0 spiro atoms. The van der Waals surface area contributed by atoms with Gasteiger partial charge in [0.2, 0.25) is 0 Å². The van der Waals surface area contributed by atoms with Crippen LogP contribution in [0.2, 0.25) is 5.15 Å². The number of hydrogen-bond donors (Lipinski definition) is 1. The molecule has 0 aliphatic heterocycles. The van der Waals surface area contributed by atoms with E-state index in [9.17, 15) is 0 Å². The molecule has 18 heavy (non-hydrogen) atoms. The van der Waals surface area contributed by atoms with E-state index in [0.29, 0.717) is 11.7 Å². The fourth-order valence-corrected chi connectivity index (χ4v) is 2.64. The van der Waals surface area contributed by atoms with E-state index in [-0.39, 0.29) is 0 Å². The number of nitrogens with one attached hydrogen (secondary N) is 1. The van der Waals surface area contributed by atoms with Crippen LogP contribution in [0, 0.1) is 6.92 Å². The van der Waals surface area contributed by atoms with E-state index in [2.05, 4.69) is 47.1 Å². The van der Waals surface area contributed by atoms with Gasteiger partial charge >= 0.3 is 0 Å². The molecule has 0 aliphatic carbocycles. The maximum Gasteiger partial charge on any atom is 0.132 e. The van der Waals surface area contributed by atoms with E-state index in [1.165, 1.54) is 0 Å². The highest BCUT2D eigenvalue weighted by Gasteiger charge is 2.03. The van der Waals surface area contributed by atoms with E-state index >= 15 is 0 Å². The van der Waals surface area contributed by atoms with Crippen LogP contribution < -0.4 is 5.32 Å². The molecule has 0 aliphatic rings. The Labute approximate surface area is 127 Å². The van der Waals surface area contributed by atoms with Crippen molar-refractivity contribution in [2.24, 2.45) is 0 Å². The van der Waals surface area contributed by atoms with Crippen molar-refractivity contribution in [2.75, 3.05) is 5.32 Å². The van der Waals surface area contributed by atoms with Gasteiger partial charge in [0.15, 0.2) is 0 Å². The van der Waals surface area contributed by atoms with Crippen LogP contribution in [-0.2, 0) is 6.54 Å². The molecule has 0 saturated heterocycles. The van der Waals surface area contributed by atoms with E-state index < -0.39 is 0 Å². The third-order valence-corrected chi connectivity index (χ3v) is 3.87. The quantitative estimate of drug-likeness (QED) is 0.779. The number of nitrogens with zero attached hydrogens (tertiary/aromatic N) is 2. The van der Waals surface area contributed by atoms with Crippen LogP contribution in [-0.4, -0.2) is 9.97 Å². The molecule has 0 aromatic carbocycles. The topological polar surface area (TPSA) is 37.8 Å². The summed E-state index contributed by atoms with van der Waals surface area (Å²) < 4.78 is 1.91. The van der Waals surface area contributed by atoms with Gasteiger partial charge in [-0.1, -0.05) is 11.6 Å². The van der Waals surface area contributed by atoms with Gasteiger partial charge < -0.3 is 5.32 Å². The molecular formula is C12H10Br2ClN3. The Morgan fingerprint density at radius 1 is 1.22 bits per heavy atom. The fourth-order valence-electron chi connectivity index (χ4n) is 1.41. The van der Waals surface area contributed by atoms with Crippen LogP contribution in [0.25, 0.3) is 0 Å². The van der Waals surface area contributed by atoms with Crippen molar-refractivity contribution < 1.29 is 0 Å². The van der Waals surface area contributed by atoms with Crippen molar-refractivity contribution in [1.82, 2.24) is 9.97 Å². The zero-order valence-electron chi connectivity index (χ0n) is 9.54. The van der Waals surface area contributed by atoms with Gasteiger partial charge in [-0.15, -0.1) is 0 Å². The largest absolute Gasteiger partial charge is 0.378 e. The Bertz CT molecular complexity index is 575. The van der Waals surface area contributed by atoms with Gasteiger partial charge in [-0.25, -0.2) is 4.98 Å². The van der Waals surface area contributed by atoms with Gasteiger partial charge in [0.05, 0.1) is 24.1 Å². The Balaban J connectivity index is 2.09. The lowest BCUT2D eigenvalue weighted by Crippen LogP contribution is -2.03. The number of pyridine rings is 2. The molecule has 2 heterocycles. The molecule has 3 nitrogen and oxygen atoms in total. The van der Waals surface area contributed by atoms with E-state index in [1.807, 2.05) is 19.1 Å². The summed E-state index contributed by atoms with van der Waals surface area (Å²) in [6.45, 7) is 2.55. The molecule has 2 aromatic rings. The first-order chi connectivity index (χ1) is 8.56. The Kier molecular flexibility index (Phi) is 4.59. The second-order valence-corrected chi connectivity index (χ2v) is 5.90. The summed E-state index contributed by atoms with van der Waals surface area (Å²) in [7, 11) is 0. The third-order valence-electron chi connectivity index (χ3n) is 2.36. The molecule has 2 rings (SSSR count). The maximum absolute atomic E-state index is 5.88. The Morgan fingerprint density at radius 3 is 2.67 bits per heavy atom. The Morgan fingerprint density at radius 2 is 2.00 bits per heavy atom. The molecule has 6 heteroatoms. The lowest BCUT2D eigenvalue weighted by molar-refractivity contribution is 1.02. The summed E-state index contributed by atoms with van der Waals surface area (Å²) in [5.74, 6) is 0. The summed E-state index contributed by atoms with van der Waals surface area (Å²) in [5, 5.41) is 3.79. The van der Waals surface area contributed by atoms with Crippen molar-refractivity contribution in [3.05, 3.63) is 49.9 Å².